The van der Waals surface area contributed by atoms with Crippen molar-refractivity contribution in [3.63, 3.8) is 0 Å². The van der Waals surface area contributed by atoms with Crippen molar-refractivity contribution in [2.45, 2.75) is 18.2 Å². The molecular formula is C18H19BrN4O2S2. The van der Waals surface area contributed by atoms with Crippen LogP contribution < -0.4 is 21.5 Å². The van der Waals surface area contributed by atoms with E-state index in [2.05, 4.69) is 50.0 Å². The lowest BCUT2D eigenvalue weighted by Gasteiger charge is -2.14. The Kier molecular flexibility index (Phi) is 8.56. The van der Waals surface area contributed by atoms with Crippen molar-refractivity contribution < 1.29 is 9.59 Å². The first-order chi connectivity index (χ1) is 12.9. The van der Waals surface area contributed by atoms with Crippen LogP contribution in [0.25, 0.3) is 0 Å². The summed E-state index contributed by atoms with van der Waals surface area (Å²) in [7, 11) is 0. The molecule has 2 rings (SSSR count). The van der Waals surface area contributed by atoms with Crippen molar-refractivity contribution in [3.05, 3.63) is 59.1 Å². The van der Waals surface area contributed by atoms with Crippen LogP contribution >= 0.6 is 40.8 Å². The van der Waals surface area contributed by atoms with Crippen LogP contribution in [-0.4, -0.2) is 22.2 Å². The number of benzene rings is 2. The van der Waals surface area contributed by atoms with E-state index in [0.717, 1.165) is 15.8 Å². The number of thiol groups is 1. The second kappa shape index (κ2) is 10.9. The molecule has 0 aliphatic rings. The third-order valence-electron chi connectivity index (χ3n) is 3.30. The molecule has 0 radical (unpaired) electrons. The second-order valence-electron chi connectivity index (χ2n) is 5.58. The monoisotopic (exact) mass is 466 g/mol. The number of rotatable bonds is 7. The Morgan fingerprint density at radius 1 is 1.00 bits per heavy atom. The number of hydrogen-bond acceptors (Lipinski definition) is 5. The maximum atomic E-state index is 12.0. The van der Waals surface area contributed by atoms with E-state index in [1.807, 2.05) is 54.6 Å². The lowest BCUT2D eigenvalue weighted by molar-refractivity contribution is -0.128. The standard InChI is InChI=1S/C18H19BrN4O2S2/c19-12-6-8-14(9-7-12)21-18(27)23-22-16(25)10-15(24)11-17(26)20-13-4-2-1-3-5-13/h1-9,17,20,26H,10-11H2,(H,22,25)(H2,21,23,27). The van der Waals surface area contributed by atoms with Crippen molar-refractivity contribution in [2.24, 2.45) is 0 Å². The van der Waals surface area contributed by atoms with Gasteiger partial charge in [0.2, 0.25) is 5.91 Å². The smallest absolute Gasteiger partial charge is 0.245 e. The van der Waals surface area contributed by atoms with Crippen LogP contribution in [0.5, 0.6) is 0 Å². The van der Waals surface area contributed by atoms with Gasteiger partial charge in [-0.2, -0.15) is 12.6 Å². The fourth-order valence-corrected chi connectivity index (χ4v) is 2.90. The number of carbonyl (C=O) groups excluding carboxylic acids is 2. The van der Waals surface area contributed by atoms with Crippen molar-refractivity contribution in [1.82, 2.24) is 10.9 Å². The minimum absolute atomic E-state index is 0.118. The predicted octanol–water partition coefficient (Wildman–Crippen LogP) is 3.48. The van der Waals surface area contributed by atoms with Gasteiger partial charge in [0.25, 0.3) is 0 Å². The number of ketones is 1. The Bertz CT molecular complexity index is 788. The number of hydrazine groups is 1. The first-order valence-electron chi connectivity index (χ1n) is 8.05. The third-order valence-corrected chi connectivity index (χ3v) is 4.35. The highest BCUT2D eigenvalue weighted by Crippen LogP contribution is 2.14. The van der Waals surface area contributed by atoms with Crippen LogP contribution in [0.4, 0.5) is 11.4 Å². The van der Waals surface area contributed by atoms with E-state index in [1.54, 1.807) is 0 Å². The largest absolute Gasteiger partial charge is 0.373 e. The van der Waals surface area contributed by atoms with Crippen LogP contribution in [0.3, 0.4) is 0 Å². The Labute approximate surface area is 177 Å². The molecule has 142 valence electrons. The van der Waals surface area contributed by atoms with Gasteiger partial charge in [0, 0.05) is 22.3 Å². The maximum absolute atomic E-state index is 12.0. The number of halogens is 1. The minimum atomic E-state index is -0.472. The summed E-state index contributed by atoms with van der Waals surface area (Å²) < 4.78 is 0.947. The van der Waals surface area contributed by atoms with Gasteiger partial charge >= 0.3 is 0 Å². The molecule has 4 N–H and O–H groups in total. The molecule has 0 saturated carbocycles. The number of Topliss-reactive ketones (excluding diaryl/α,β-unsaturated/α-hetero) is 1. The predicted molar refractivity (Wildman–Crippen MR) is 119 cm³/mol. The molecule has 1 atom stereocenters. The second-order valence-corrected chi connectivity index (χ2v) is 7.53. The van der Waals surface area contributed by atoms with Crippen LogP contribution in [0.1, 0.15) is 12.8 Å². The molecule has 0 heterocycles. The fraction of sp³-hybridized carbons (Fsp3) is 0.167. The molecule has 0 saturated heterocycles. The van der Waals surface area contributed by atoms with Crippen LogP contribution in [0, 0.1) is 0 Å². The fourth-order valence-electron chi connectivity index (χ4n) is 2.11. The number of para-hydroxylation sites is 1. The van der Waals surface area contributed by atoms with Crippen molar-refractivity contribution in [2.75, 3.05) is 10.6 Å². The van der Waals surface area contributed by atoms with Crippen LogP contribution in [0.2, 0.25) is 0 Å². The molecule has 0 aliphatic heterocycles. The SMILES string of the molecule is O=C(CC(=O)NNC(=S)Nc1ccc(Br)cc1)CC(S)Nc1ccccc1. The van der Waals surface area contributed by atoms with Gasteiger partial charge in [-0.15, -0.1) is 0 Å². The number of hydrogen-bond donors (Lipinski definition) is 5. The summed E-state index contributed by atoms with van der Waals surface area (Å²) in [6, 6.07) is 16.8. The third kappa shape index (κ3) is 8.42. The van der Waals surface area contributed by atoms with Gasteiger partial charge in [-0.1, -0.05) is 34.1 Å². The molecular weight excluding hydrogens is 448 g/mol. The highest BCUT2D eigenvalue weighted by Gasteiger charge is 2.14. The molecule has 0 bridgehead atoms. The lowest BCUT2D eigenvalue weighted by atomic mass is 10.2. The molecule has 6 nitrogen and oxygen atoms in total. The Morgan fingerprint density at radius 2 is 1.67 bits per heavy atom. The van der Waals surface area contributed by atoms with E-state index in [4.69, 9.17) is 12.2 Å². The van der Waals surface area contributed by atoms with Gasteiger partial charge in [-0.25, -0.2) is 0 Å². The first-order valence-corrected chi connectivity index (χ1v) is 9.77. The number of nitrogens with one attached hydrogen (secondary N) is 4. The number of thiocarbonyl (C=S) groups is 1. The van der Waals surface area contributed by atoms with Gasteiger partial charge in [0.15, 0.2) is 5.11 Å². The van der Waals surface area contributed by atoms with Gasteiger partial charge in [0.1, 0.15) is 5.78 Å². The molecule has 0 spiro atoms. The van der Waals surface area contributed by atoms with E-state index in [9.17, 15) is 9.59 Å². The number of carbonyl (C=O) groups is 2. The summed E-state index contributed by atoms with van der Waals surface area (Å²) in [6.07, 6.45) is -0.144. The summed E-state index contributed by atoms with van der Waals surface area (Å²) in [5.41, 5.74) is 6.60. The topological polar surface area (TPSA) is 82.3 Å². The Hall–Kier alpha value is -2.10. The molecule has 9 heteroatoms. The number of amides is 1. The average Bonchev–Trinajstić information content (AvgIpc) is 2.62. The summed E-state index contributed by atoms with van der Waals surface area (Å²) in [6.45, 7) is 0. The molecule has 0 aliphatic carbocycles. The van der Waals surface area contributed by atoms with E-state index in [0.29, 0.717) is 0 Å². The lowest BCUT2D eigenvalue weighted by Crippen LogP contribution is -2.44. The molecule has 1 unspecified atom stereocenters. The minimum Gasteiger partial charge on any atom is -0.373 e. The van der Waals surface area contributed by atoms with Gasteiger partial charge in [0.05, 0.1) is 11.8 Å². The van der Waals surface area contributed by atoms with E-state index >= 15 is 0 Å². The molecule has 27 heavy (non-hydrogen) atoms. The molecule has 1 amide bonds. The zero-order valence-electron chi connectivity index (χ0n) is 14.2. The molecule has 2 aromatic rings. The maximum Gasteiger partial charge on any atom is 0.245 e. The van der Waals surface area contributed by atoms with Crippen molar-refractivity contribution in [3.8, 4) is 0 Å². The van der Waals surface area contributed by atoms with E-state index < -0.39 is 5.91 Å². The van der Waals surface area contributed by atoms with Gasteiger partial charge in [-0.3, -0.25) is 20.4 Å². The Balaban J connectivity index is 1.67. The van der Waals surface area contributed by atoms with Crippen molar-refractivity contribution in [1.29, 1.82) is 0 Å². The van der Waals surface area contributed by atoms with Crippen LogP contribution in [-0.2, 0) is 9.59 Å². The average molecular weight is 467 g/mol. The summed E-state index contributed by atoms with van der Waals surface area (Å²) in [4.78, 5) is 23.9. The molecule has 0 fully saturated rings. The summed E-state index contributed by atoms with van der Waals surface area (Å²) >= 11 is 12.8. The van der Waals surface area contributed by atoms with Crippen molar-refractivity contribution >= 4 is 69.0 Å². The molecule has 2 aromatic carbocycles. The molecule has 0 aromatic heterocycles. The summed E-state index contributed by atoms with van der Waals surface area (Å²) in [5, 5.41) is 5.85. The zero-order valence-corrected chi connectivity index (χ0v) is 17.5. The zero-order chi connectivity index (χ0) is 19.6. The van der Waals surface area contributed by atoms with Gasteiger partial charge < -0.3 is 10.6 Å². The first kappa shape index (κ1) is 21.2. The van der Waals surface area contributed by atoms with Gasteiger partial charge in [-0.05, 0) is 48.6 Å². The quantitative estimate of drug-likeness (QED) is 0.141. The van der Waals surface area contributed by atoms with E-state index in [1.165, 1.54) is 0 Å². The Morgan fingerprint density at radius 3 is 2.33 bits per heavy atom. The van der Waals surface area contributed by atoms with E-state index in [-0.39, 0.29) is 29.1 Å². The van der Waals surface area contributed by atoms with Crippen LogP contribution in [0.15, 0.2) is 59.1 Å². The number of anilines is 2. The highest BCUT2D eigenvalue weighted by atomic mass is 79.9. The normalized spacial score (nSPS) is 11.2. The summed E-state index contributed by atoms with van der Waals surface area (Å²) in [5.74, 6) is -0.704. The highest BCUT2D eigenvalue weighted by molar-refractivity contribution is 9.10.